The number of piperidine rings is 2. The third-order valence-corrected chi connectivity index (χ3v) is 5.82. The topological polar surface area (TPSA) is 52.6 Å². The predicted octanol–water partition coefficient (Wildman–Crippen LogP) is 2.07. The Morgan fingerprint density at radius 1 is 1.19 bits per heavy atom. The summed E-state index contributed by atoms with van der Waals surface area (Å²) in [5.74, 6) is 0.395. The van der Waals surface area contributed by atoms with Crippen LogP contribution in [-0.4, -0.2) is 60.9 Å². The van der Waals surface area contributed by atoms with Crippen molar-refractivity contribution >= 4 is 11.8 Å². The smallest absolute Gasteiger partial charge is 0.234 e. The molecule has 0 aromatic heterocycles. The first-order valence-electron chi connectivity index (χ1n) is 9.91. The average molecular weight is 357 g/mol. The van der Waals surface area contributed by atoms with Crippen LogP contribution in [0.2, 0.25) is 0 Å². The molecule has 0 aliphatic carbocycles. The van der Waals surface area contributed by atoms with Crippen molar-refractivity contribution in [2.45, 2.75) is 39.0 Å². The highest BCUT2D eigenvalue weighted by Gasteiger charge is 2.41. The van der Waals surface area contributed by atoms with Gasteiger partial charge in [0.2, 0.25) is 11.8 Å². The number of carbonyl (C=O) groups excluding carboxylic acids is 2. The van der Waals surface area contributed by atoms with E-state index in [0.29, 0.717) is 19.5 Å². The molecule has 0 bridgehead atoms. The lowest BCUT2D eigenvalue weighted by atomic mass is 9.73. The summed E-state index contributed by atoms with van der Waals surface area (Å²) in [5, 5.41) is 3.05. The fourth-order valence-corrected chi connectivity index (χ4v) is 4.42. The quantitative estimate of drug-likeness (QED) is 0.848. The molecule has 1 atom stereocenters. The van der Waals surface area contributed by atoms with Gasteiger partial charge in [0.05, 0.1) is 6.54 Å². The monoisotopic (exact) mass is 357 g/mol. The molecule has 1 aromatic rings. The average Bonchev–Trinajstić information content (AvgIpc) is 2.65. The SMILES string of the molecule is CCN1C[C@]2(CCCN(CC(=O)NCCc3ccccc3)C2)CCC1=O. The second-order valence-corrected chi connectivity index (χ2v) is 7.81. The van der Waals surface area contributed by atoms with Gasteiger partial charge in [-0.2, -0.15) is 0 Å². The van der Waals surface area contributed by atoms with Gasteiger partial charge in [0.1, 0.15) is 0 Å². The molecule has 5 heteroatoms. The van der Waals surface area contributed by atoms with Gasteiger partial charge >= 0.3 is 0 Å². The number of nitrogens with one attached hydrogen (secondary N) is 1. The van der Waals surface area contributed by atoms with Gasteiger partial charge in [0.25, 0.3) is 0 Å². The Labute approximate surface area is 156 Å². The van der Waals surface area contributed by atoms with Gasteiger partial charge in [0, 0.05) is 38.0 Å². The Bertz CT molecular complexity index is 619. The van der Waals surface area contributed by atoms with Crippen molar-refractivity contribution in [2.24, 2.45) is 5.41 Å². The van der Waals surface area contributed by atoms with Crippen molar-refractivity contribution in [2.75, 3.05) is 39.3 Å². The number of hydrogen-bond acceptors (Lipinski definition) is 3. The summed E-state index contributed by atoms with van der Waals surface area (Å²) in [6.45, 7) is 6.76. The van der Waals surface area contributed by atoms with Crippen LogP contribution in [0.1, 0.15) is 38.2 Å². The van der Waals surface area contributed by atoms with Crippen molar-refractivity contribution in [3.8, 4) is 0 Å². The normalized spacial score (nSPS) is 24.0. The van der Waals surface area contributed by atoms with E-state index in [4.69, 9.17) is 0 Å². The minimum absolute atomic E-state index is 0.109. The maximum Gasteiger partial charge on any atom is 0.234 e. The van der Waals surface area contributed by atoms with Gasteiger partial charge in [-0.05, 0) is 44.7 Å². The lowest BCUT2D eigenvalue weighted by Crippen LogP contribution is -2.55. The highest BCUT2D eigenvalue weighted by Crippen LogP contribution is 2.38. The van der Waals surface area contributed by atoms with Crippen molar-refractivity contribution in [3.05, 3.63) is 35.9 Å². The number of nitrogens with zero attached hydrogens (tertiary/aromatic N) is 2. The van der Waals surface area contributed by atoms with Crippen LogP contribution >= 0.6 is 0 Å². The largest absolute Gasteiger partial charge is 0.355 e. The Balaban J connectivity index is 1.45. The molecule has 26 heavy (non-hydrogen) atoms. The summed E-state index contributed by atoms with van der Waals surface area (Å²) in [5.41, 5.74) is 1.43. The highest BCUT2D eigenvalue weighted by molar-refractivity contribution is 5.78. The maximum absolute atomic E-state index is 12.3. The van der Waals surface area contributed by atoms with E-state index in [2.05, 4.69) is 29.3 Å². The van der Waals surface area contributed by atoms with Crippen LogP contribution in [0.4, 0.5) is 0 Å². The molecule has 2 aliphatic rings. The molecule has 0 saturated carbocycles. The molecule has 1 aromatic carbocycles. The van der Waals surface area contributed by atoms with Crippen LogP contribution in [0.3, 0.4) is 0 Å². The third kappa shape index (κ3) is 4.85. The molecular formula is C21H31N3O2. The van der Waals surface area contributed by atoms with Crippen LogP contribution in [0.5, 0.6) is 0 Å². The maximum atomic E-state index is 12.3. The van der Waals surface area contributed by atoms with Crippen LogP contribution in [0.25, 0.3) is 0 Å². The first-order valence-corrected chi connectivity index (χ1v) is 9.91. The molecule has 2 saturated heterocycles. The van der Waals surface area contributed by atoms with Gasteiger partial charge in [-0.25, -0.2) is 0 Å². The van der Waals surface area contributed by atoms with Gasteiger partial charge < -0.3 is 10.2 Å². The second kappa shape index (κ2) is 8.67. The number of carbonyl (C=O) groups is 2. The first-order chi connectivity index (χ1) is 12.6. The lowest BCUT2D eigenvalue weighted by Gasteiger charge is -2.48. The van der Waals surface area contributed by atoms with Crippen molar-refractivity contribution in [3.63, 3.8) is 0 Å². The number of benzene rings is 1. The summed E-state index contributed by atoms with van der Waals surface area (Å²) in [6, 6.07) is 10.2. The van der Waals surface area contributed by atoms with E-state index in [0.717, 1.165) is 45.4 Å². The molecule has 2 heterocycles. The van der Waals surface area contributed by atoms with Crippen molar-refractivity contribution in [1.82, 2.24) is 15.1 Å². The van der Waals surface area contributed by atoms with E-state index in [9.17, 15) is 9.59 Å². The fourth-order valence-electron chi connectivity index (χ4n) is 4.42. The summed E-state index contributed by atoms with van der Waals surface area (Å²) in [4.78, 5) is 28.6. The Hall–Kier alpha value is -1.88. The molecule has 3 rings (SSSR count). The molecule has 1 N–H and O–H groups in total. The van der Waals surface area contributed by atoms with Gasteiger partial charge in [0.15, 0.2) is 0 Å². The minimum Gasteiger partial charge on any atom is -0.355 e. The first kappa shape index (κ1) is 18.9. The van der Waals surface area contributed by atoms with Crippen LogP contribution < -0.4 is 5.32 Å². The molecule has 0 radical (unpaired) electrons. The molecule has 2 amide bonds. The molecule has 1 spiro atoms. The van der Waals surface area contributed by atoms with Crippen molar-refractivity contribution in [1.29, 1.82) is 0 Å². The van der Waals surface area contributed by atoms with Gasteiger partial charge in [-0.15, -0.1) is 0 Å². The number of likely N-dealkylation sites (tertiary alicyclic amines) is 2. The Morgan fingerprint density at radius 3 is 2.77 bits per heavy atom. The van der Waals surface area contributed by atoms with E-state index in [1.54, 1.807) is 0 Å². The van der Waals surface area contributed by atoms with E-state index < -0.39 is 0 Å². The molecule has 2 fully saturated rings. The van der Waals surface area contributed by atoms with E-state index in [1.807, 2.05) is 23.1 Å². The van der Waals surface area contributed by atoms with E-state index >= 15 is 0 Å². The Morgan fingerprint density at radius 2 is 2.00 bits per heavy atom. The Kier molecular flexibility index (Phi) is 6.30. The van der Waals surface area contributed by atoms with Crippen LogP contribution in [0.15, 0.2) is 30.3 Å². The van der Waals surface area contributed by atoms with E-state index in [1.165, 1.54) is 12.0 Å². The van der Waals surface area contributed by atoms with Crippen LogP contribution in [-0.2, 0) is 16.0 Å². The number of hydrogen-bond donors (Lipinski definition) is 1. The zero-order valence-electron chi connectivity index (χ0n) is 15.9. The summed E-state index contributed by atoms with van der Waals surface area (Å²) < 4.78 is 0. The second-order valence-electron chi connectivity index (χ2n) is 7.81. The number of amides is 2. The molecule has 5 nitrogen and oxygen atoms in total. The molecule has 2 aliphatic heterocycles. The molecule has 0 unspecified atom stereocenters. The lowest BCUT2D eigenvalue weighted by molar-refractivity contribution is -0.139. The standard InChI is InChI=1S/C21H31N3O2/c1-2-24-17-21(12-9-20(24)26)11-6-14-23(16-21)15-19(25)22-13-10-18-7-4-3-5-8-18/h3-5,7-8H,2,6,9-17H2,1H3,(H,22,25)/t21-/m1/s1. The highest BCUT2D eigenvalue weighted by atomic mass is 16.2. The minimum atomic E-state index is 0.109. The summed E-state index contributed by atoms with van der Waals surface area (Å²) >= 11 is 0. The zero-order valence-corrected chi connectivity index (χ0v) is 15.9. The summed E-state index contributed by atoms with van der Waals surface area (Å²) in [7, 11) is 0. The molecule has 142 valence electrons. The van der Waals surface area contributed by atoms with Crippen LogP contribution in [0, 0.1) is 5.41 Å². The van der Waals surface area contributed by atoms with Gasteiger partial charge in [-0.3, -0.25) is 14.5 Å². The third-order valence-electron chi connectivity index (χ3n) is 5.82. The zero-order chi connectivity index (χ0) is 18.4. The predicted molar refractivity (Wildman–Crippen MR) is 103 cm³/mol. The summed E-state index contributed by atoms with van der Waals surface area (Å²) in [6.07, 6.45) is 4.77. The fraction of sp³-hybridized carbons (Fsp3) is 0.619. The number of rotatable bonds is 6. The van der Waals surface area contributed by atoms with Gasteiger partial charge in [-0.1, -0.05) is 30.3 Å². The van der Waals surface area contributed by atoms with Crippen molar-refractivity contribution < 1.29 is 9.59 Å². The van der Waals surface area contributed by atoms with E-state index in [-0.39, 0.29) is 17.2 Å². The molecular weight excluding hydrogens is 326 g/mol.